The van der Waals surface area contributed by atoms with Crippen LogP contribution in [0.15, 0.2) is 24.3 Å². The van der Waals surface area contributed by atoms with Gasteiger partial charge in [-0.1, -0.05) is 64.0 Å². The second kappa shape index (κ2) is 11.6. The van der Waals surface area contributed by atoms with Crippen LogP contribution in [0.1, 0.15) is 63.9 Å². The second-order valence-corrected chi connectivity index (χ2v) is 6.34. The third kappa shape index (κ3) is 9.52. The van der Waals surface area contributed by atoms with E-state index in [1.165, 1.54) is 62.6 Å². The molecule has 0 saturated heterocycles. The molecule has 0 fully saturated rings. The van der Waals surface area contributed by atoms with Crippen molar-refractivity contribution in [3.05, 3.63) is 29.8 Å². The van der Waals surface area contributed by atoms with Gasteiger partial charge in [-0.2, -0.15) is 0 Å². The Hall–Kier alpha value is -1.02. The minimum Gasteiger partial charge on any atom is -0.385 e. The van der Waals surface area contributed by atoms with Gasteiger partial charge in [0.2, 0.25) is 0 Å². The van der Waals surface area contributed by atoms with Crippen LogP contribution in [0.25, 0.3) is 0 Å². The average Bonchev–Trinajstić information content (AvgIpc) is 2.47. The highest BCUT2D eigenvalue weighted by Gasteiger charge is 1.96. The fourth-order valence-electron chi connectivity index (χ4n) is 2.58. The largest absolute Gasteiger partial charge is 0.385 e. The molecule has 1 rings (SSSR count). The molecule has 1 N–H and O–H groups in total. The van der Waals surface area contributed by atoms with E-state index in [0.717, 1.165) is 13.1 Å². The minimum atomic E-state index is 1.01. The van der Waals surface area contributed by atoms with Crippen molar-refractivity contribution in [3.8, 4) is 0 Å². The smallest absolute Gasteiger partial charge is 0.0340 e. The van der Waals surface area contributed by atoms with Crippen molar-refractivity contribution in [3.63, 3.8) is 0 Å². The molecular formula is C19H34N2. The van der Waals surface area contributed by atoms with Gasteiger partial charge in [0, 0.05) is 18.8 Å². The molecule has 0 aliphatic heterocycles. The van der Waals surface area contributed by atoms with Crippen molar-refractivity contribution in [2.24, 2.45) is 0 Å². The SMILES string of the molecule is CCCCCCCCCCNc1ccc(CN(C)C)cc1. The predicted octanol–water partition coefficient (Wildman–Crippen LogP) is 5.30. The van der Waals surface area contributed by atoms with Crippen molar-refractivity contribution in [2.45, 2.75) is 64.8 Å². The van der Waals surface area contributed by atoms with Gasteiger partial charge >= 0.3 is 0 Å². The lowest BCUT2D eigenvalue weighted by Gasteiger charge is -2.11. The van der Waals surface area contributed by atoms with E-state index in [2.05, 4.69) is 55.5 Å². The Bertz CT molecular complexity index is 343. The van der Waals surface area contributed by atoms with Gasteiger partial charge in [0.15, 0.2) is 0 Å². The van der Waals surface area contributed by atoms with Crippen LogP contribution in [0.2, 0.25) is 0 Å². The molecule has 2 heteroatoms. The van der Waals surface area contributed by atoms with Gasteiger partial charge in [-0.3, -0.25) is 0 Å². The van der Waals surface area contributed by atoms with Gasteiger partial charge in [-0.25, -0.2) is 0 Å². The molecule has 0 aromatic heterocycles. The van der Waals surface area contributed by atoms with Crippen LogP contribution in [0, 0.1) is 0 Å². The third-order valence-electron chi connectivity index (χ3n) is 3.81. The van der Waals surface area contributed by atoms with E-state index in [0.29, 0.717) is 0 Å². The Labute approximate surface area is 131 Å². The summed E-state index contributed by atoms with van der Waals surface area (Å²) in [7, 11) is 4.21. The number of benzene rings is 1. The number of nitrogens with zero attached hydrogens (tertiary/aromatic N) is 1. The standard InChI is InChI=1S/C19H34N2/c1-4-5-6-7-8-9-10-11-16-20-19-14-12-18(13-15-19)17-21(2)3/h12-15,20H,4-11,16-17H2,1-3H3. The zero-order chi connectivity index (χ0) is 15.3. The fourth-order valence-corrected chi connectivity index (χ4v) is 2.58. The molecule has 0 spiro atoms. The molecule has 0 heterocycles. The van der Waals surface area contributed by atoms with E-state index in [-0.39, 0.29) is 0 Å². The lowest BCUT2D eigenvalue weighted by Crippen LogP contribution is -2.10. The zero-order valence-electron chi connectivity index (χ0n) is 14.3. The quantitative estimate of drug-likeness (QED) is 0.525. The molecule has 0 saturated carbocycles. The molecule has 0 aliphatic rings. The van der Waals surface area contributed by atoms with Crippen LogP contribution < -0.4 is 5.32 Å². The Kier molecular flexibility index (Phi) is 9.98. The first kappa shape index (κ1) is 18.0. The van der Waals surface area contributed by atoms with Gasteiger partial charge in [0.05, 0.1) is 0 Å². The summed E-state index contributed by atoms with van der Waals surface area (Å²) in [4.78, 5) is 2.20. The van der Waals surface area contributed by atoms with Gasteiger partial charge in [0.25, 0.3) is 0 Å². The van der Waals surface area contributed by atoms with Gasteiger partial charge < -0.3 is 10.2 Å². The van der Waals surface area contributed by atoms with Crippen LogP contribution in [-0.2, 0) is 6.54 Å². The fraction of sp³-hybridized carbons (Fsp3) is 0.684. The zero-order valence-corrected chi connectivity index (χ0v) is 14.3. The number of rotatable bonds is 12. The molecule has 0 radical (unpaired) electrons. The number of unbranched alkanes of at least 4 members (excludes halogenated alkanes) is 7. The summed E-state index contributed by atoms with van der Waals surface area (Å²) < 4.78 is 0. The maximum atomic E-state index is 3.52. The summed E-state index contributed by atoms with van der Waals surface area (Å²) in [6, 6.07) is 8.83. The maximum Gasteiger partial charge on any atom is 0.0340 e. The highest BCUT2D eigenvalue weighted by Crippen LogP contribution is 2.12. The van der Waals surface area contributed by atoms with Crippen molar-refractivity contribution < 1.29 is 0 Å². The molecule has 0 bridgehead atoms. The Balaban J connectivity index is 2.02. The first-order valence-corrected chi connectivity index (χ1v) is 8.70. The number of hydrogen-bond acceptors (Lipinski definition) is 2. The summed E-state index contributed by atoms with van der Waals surface area (Å²) in [5, 5.41) is 3.52. The number of hydrogen-bond donors (Lipinski definition) is 1. The number of anilines is 1. The van der Waals surface area contributed by atoms with Crippen LogP contribution >= 0.6 is 0 Å². The average molecular weight is 290 g/mol. The number of nitrogens with one attached hydrogen (secondary N) is 1. The molecule has 1 aromatic carbocycles. The third-order valence-corrected chi connectivity index (χ3v) is 3.81. The van der Waals surface area contributed by atoms with Crippen molar-refractivity contribution in [2.75, 3.05) is 26.0 Å². The monoisotopic (exact) mass is 290 g/mol. The van der Waals surface area contributed by atoms with Crippen molar-refractivity contribution >= 4 is 5.69 Å². The molecule has 1 aromatic rings. The first-order valence-electron chi connectivity index (χ1n) is 8.70. The summed E-state index contributed by atoms with van der Waals surface area (Å²) in [6.45, 7) is 4.39. The molecule has 0 amide bonds. The lowest BCUT2D eigenvalue weighted by atomic mass is 10.1. The lowest BCUT2D eigenvalue weighted by molar-refractivity contribution is 0.402. The van der Waals surface area contributed by atoms with E-state index < -0.39 is 0 Å². The van der Waals surface area contributed by atoms with E-state index in [9.17, 15) is 0 Å². The summed E-state index contributed by atoms with van der Waals surface area (Å²) in [5.41, 5.74) is 2.62. The van der Waals surface area contributed by atoms with Crippen LogP contribution in [0.5, 0.6) is 0 Å². The van der Waals surface area contributed by atoms with E-state index in [1.807, 2.05) is 0 Å². The van der Waals surface area contributed by atoms with Crippen LogP contribution in [-0.4, -0.2) is 25.5 Å². The van der Waals surface area contributed by atoms with Crippen LogP contribution in [0.4, 0.5) is 5.69 Å². The van der Waals surface area contributed by atoms with E-state index >= 15 is 0 Å². The van der Waals surface area contributed by atoms with Gasteiger partial charge in [-0.05, 0) is 38.2 Å². The molecule has 21 heavy (non-hydrogen) atoms. The highest BCUT2D eigenvalue weighted by atomic mass is 15.0. The molecule has 0 atom stereocenters. The molecule has 0 unspecified atom stereocenters. The molecule has 2 nitrogen and oxygen atoms in total. The second-order valence-electron chi connectivity index (χ2n) is 6.34. The van der Waals surface area contributed by atoms with Gasteiger partial charge in [-0.15, -0.1) is 0 Å². The summed E-state index contributed by atoms with van der Waals surface area (Å²) in [5.74, 6) is 0. The molecule has 0 aliphatic carbocycles. The minimum absolute atomic E-state index is 1.01. The Morgan fingerprint density at radius 1 is 0.810 bits per heavy atom. The maximum absolute atomic E-state index is 3.52. The normalized spacial score (nSPS) is 11.0. The van der Waals surface area contributed by atoms with Gasteiger partial charge in [0.1, 0.15) is 0 Å². The topological polar surface area (TPSA) is 15.3 Å². The van der Waals surface area contributed by atoms with E-state index in [1.54, 1.807) is 0 Å². The predicted molar refractivity (Wildman–Crippen MR) is 94.9 cm³/mol. The first-order chi connectivity index (χ1) is 10.2. The Morgan fingerprint density at radius 3 is 1.95 bits per heavy atom. The van der Waals surface area contributed by atoms with E-state index in [4.69, 9.17) is 0 Å². The summed E-state index contributed by atoms with van der Waals surface area (Å²) >= 11 is 0. The Morgan fingerprint density at radius 2 is 1.38 bits per heavy atom. The molecule has 120 valence electrons. The van der Waals surface area contributed by atoms with Crippen LogP contribution in [0.3, 0.4) is 0 Å². The highest BCUT2D eigenvalue weighted by molar-refractivity contribution is 5.44. The summed E-state index contributed by atoms with van der Waals surface area (Å²) in [6.07, 6.45) is 11.1. The van der Waals surface area contributed by atoms with Crippen molar-refractivity contribution in [1.29, 1.82) is 0 Å². The van der Waals surface area contributed by atoms with Crippen molar-refractivity contribution in [1.82, 2.24) is 4.90 Å². The molecular weight excluding hydrogens is 256 g/mol.